The number of para-hydroxylation sites is 5. The second-order valence-corrected chi connectivity index (χ2v) is 19.8. The van der Waals surface area contributed by atoms with Gasteiger partial charge in [0.2, 0.25) is 5.96 Å². The van der Waals surface area contributed by atoms with Crippen LogP contribution in [0.25, 0.3) is 99.3 Å². The van der Waals surface area contributed by atoms with Crippen molar-refractivity contribution in [1.82, 2.24) is 18.3 Å². The van der Waals surface area contributed by atoms with Crippen molar-refractivity contribution in [2.45, 2.75) is 32.4 Å². The fourth-order valence-electron chi connectivity index (χ4n) is 12.1. The summed E-state index contributed by atoms with van der Waals surface area (Å²) in [6, 6.07) is 77.5. The lowest BCUT2D eigenvalue weighted by atomic mass is 9.95. The van der Waals surface area contributed by atoms with Gasteiger partial charge in [0.25, 0.3) is 0 Å². The zero-order valence-corrected chi connectivity index (χ0v) is 42.0. The van der Waals surface area contributed by atoms with Gasteiger partial charge in [-0.15, -0.1) is 0 Å². The molecule has 0 spiro atoms. The first kappa shape index (κ1) is 44.9. The zero-order valence-electron chi connectivity index (χ0n) is 42.0. The highest BCUT2D eigenvalue weighted by Crippen LogP contribution is 2.43. The Hall–Kier alpha value is -9.72. The highest BCUT2D eigenvalue weighted by Gasteiger charge is 2.27. The summed E-state index contributed by atoms with van der Waals surface area (Å²) in [5, 5.41) is 8.18. The van der Waals surface area contributed by atoms with Crippen molar-refractivity contribution in [3.8, 4) is 11.4 Å². The molecule has 7 heteroatoms. The van der Waals surface area contributed by atoms with Gasteiger partial charge in [0.15, 0.2) is 0 Å². The van der Waals surface area contributed by atoms with Gasteiger partial charge < -0.3 is 19.4 Å². The number of aliphatic imine (C=N–C) groups is 2. The molecule has 0 amide bonds. The van der Waals surface area contributed by atoms with E-state index in [0.29, 0.717) is 11.5 Å². The molecule has 0 aliphatic heterocycles. The van der Waals surface area contributed by atoms with Crippen molar-refractivity contribution >= 4 is 99.8 Å². The van der Waals surface area contributed by atoms with Crippen LogP contribution in [-0.2, 0) is 19.5 Å². The van der Waals surface area contributed by atoms with E-state index in [4.69, 9.17) is 15.7 Å². The lowest BCUT2D eigenvalue weighted by Crippen LogP contribution is -2.20. The van der Waals surface area contributed by atoms with Crippen molar-refractivity contribution in [2.24, 2.45) is 15.7 Å². The summed E-state index contributed by atoms with van der Waals surface area (Å²) < 4.78 is 9.59. The molecule has 4 heterocycles. The molecular weight excluding hydrogens is 927 g/mol. The number of nitrogens with two attached hydrogens (primary N) is 1. The number of aryl methyl sites for hydroxylation is 1. The average molecular weight is 980 g/mol. The maximum Gasteiger partial charge on any atom is 0.233 e. The number of fused-ring (bicyclic) bond motifs is 14. The second kappa shape index (κ2) is 18.6. The third-order valence-corrected chi connectivity index (χ3v) is 15.5. The van der Waals surface area contributed by atoms with Crippen LogP contribution in [0.15, 0.2) is 253 Å². The number of aromatic nitrogens is 4. The summed E-state index contributed by atoms with van der Waals surface area (Å²) in [6.07, 6.45) is 10.6. The van der Waals surface area contributed by atoms with Crippen LogP contribution in [0, 0.1) is 0 Å². The molecule has 2 N–H and O–H groups in total. The third-order valence-electron chi connectivity index (χ3n) is 15.5. The number of amidine groups is 1. The standard InChI is InChI=1S/C69H53N7/c1-46(44-49(48-24-8-3-9-25-48)39-38-47-22-6-2-7-23-47)68(70)72-69(76-63-37-21-17-33-55(63)59-43-42-58-54-32-16-20-36-62(54)75(66(58)67(59)76)51-28-12-5-13-29-51)71-45-73-60-34-18-14-30-52(60)56-40-41-57-53-31-15-19-35-61(53)74(65(57)64(56)73)50-26-10-4-11-27-50/h2-15,17-19,21-31,33-35,37-44H,1,16,20,32,36,45H2,(H2,70,71,72)/b39-38+,49-44+. The number of allylic oxidation sites excluding steroid dienone is 2. The van der Waals surface area contributed by atoms with Gasteiger partial charge in [-0.3, -0.25) is 4.57 Å². The molecule has 0 fully saturated rings. The lowest BCUT2D eigenvalue weighted by molar-refractivity contribution is 0.667. The normalized spacial score (nSPS) is 13.7. The van der Waals surface area contributed by atoms with Gasteiger partial charge in [0, 0.05) is 60.3 Å². The summed E-state index contributed by atoms with van der Waals surface area (Å²) in [5.74, 6) is 0.734. The Morgan fingerprint density at radius 2 is 1.00 bits per heavy atom. The third kappa shape index (κ3) is 7.42. The maximum atomic E-state index is 7.36. The second-order valence-electron chi connectivity index (χ2n) is 19.8. The van der Waals surface area contributed by atoms with E-state index >= 15 is 0 Å². The number of benzene rings is 9. The van der Waals surface area contributed by atoms with Gasteiger partial charge in [-0.2, -0.15) is 4.99 Å². The lowest BCUT2D eigenvalue weighted by Gasteiger charge is -2.17. The van der Waals surface area contributed by atoms with E-state index in [2.05, 4.69) is 243 Å². The summed E-state index contributed by atoms with van der Waals surface area (Å²) in [7, 11) is 0. The largest absolute Gasteiger partial charge is 0.383 e. The van der Waals surface area contributed by atoms with Crippen LogP contribution < -0.4 is 5.73 Å². The molecule has 13 aromatic rings. The van der Waals surface area contributed by atoms with E-state index in [9.17, 15) is 0 Å². The van der Waals surface area contributed by atoms with Gasteiger partial charge >= 0.3 is 0 Å². The smallest absolute Gasteiger partial charge is 0.233 e. The van der Waals surface area contributed by atoms with Crippen molar-refractivity contribution in [2.75, 3.05) is 0 Å². The van der Waals surface area contributed by atoms with Crippen LogP contribution >= 0.6 is 0 Å². The fraction of sp³-hybridized carbons (Fsp3) is 0.0725. The summed E-state index contributed by atoms with van der Waals surface area (Å²) in [5.41, 5.74) is 23.7. The molecule has 0 radical (unpaired) electrons. The van der Waals surface area contributed by atoms with Crippen molar-refractivity contribution in [3.63, 3.8) is 0 Å². The Labute approximate surface area is 440 Å². The Morgan fingerprint density at radius 1 is 0.487 bits per heavy atom. The highest BCUT2D eigenvalue weighted by atomic mass is 15.2. The molecule has 0 saturated carbocycles. The minimum Gasteiger partial charge on any atom is -0.383 e. The van der Waals surface area contributed by atoms with Crippen LogP contribution in [0.1, 0.15) is 35.2 Å². The van der Waals surface area contributed by atoms with Crippen molar-refractivity contribution in [1.29, 1.82) is 0 Å². The van der Waals surface area contributed by atoms with Crippen LogP contribution in [0.4, 0.5) is 0 Å². The molecule has 1 aliphatic rings. The summed E-state index contributed by atoms with van der Waals surface area (Å²) >= 11 is 0. The molecule has 4 aromatic heterocycles. The monoisotopic (exact) mass is 979 g/mol. The average Bonchev–Trinajstić information content (AvgIpc) is 4.36. The topological polar surface area (TPSA) is 70.5 Å². The van der Waals surface area contributed by atoms with E-state index in [1.807, 2.05) is 18.2 Å². The van der Waals surface area contributed by atoms with Crippen LogP contribution in [-0.4, -0.2) is 30.1 Å². The van der Waals surface area contributed by atoms with Crippen LogP contribution in [0.2, 0.25) is 0 Å². The quantitative estimate of drug-likeness (QED) is 0.0874. The summed E-state index contributed by atoms with van der Waals surface area (Å²) in [4.78, 5) is 11.3. The molecule has 0 saturated heterocycles. The van der Waals surface area contributed by atoms with Gasteiger partial charge in [-0.1, -0.05) is 195 Å². The van der Waals surface area contributed by atoms with Crippen LogP contribution in [0.3, 0.4) is 0 Å². The molecule has 0 unspecified atom stereocenters. The molecular formula is C69H53N7. The first-order valence-electron chi connectivity index (χ1n) is 26.3. The molecule has 76 heavy (non-hydrogen) atoms. The number of hydrogen-bond acceptors (Lipinski definition) is 1. The maximum absolute atomic E-state index is 7.36. The van der Waals surface area contributed by atoms with Gasteiger partial charge in [0.05, 0.1) is 38.6 Å². The SMILES string of the molecule is C=C(/C=C(\C=C\c1ccccc1)c1ccccc1)/C(N)=N/C(=N\Cn1c2ccccc2c2ccc3c4ccccc4n(-c4ccccc4)c3c21)n1c2ccccc2c2ccc3c4c(n(-c5ccccc5)c3c21)CCCC4. The Bertz CT molecular complexity index is 4540. The fourth-order valence-corrected chi connectivity index (χ4v) is 12.1. The van der Waals surface area contributed by atoms with E-state index in [1.54, 1.807) is 0 Å². The van der Waals surface area contributed by atoms with Gasteiger partial charge in [-0.25, -0.2) is 4.99 Å². The molecule has 9 aromatic carbocycles. The van der Waals surface area contributed by atoms with Gasteiger partial charge in [-0.05, 0) is 96.5 Å². The number of rotatable bonds is 9. The predicted octanol–water partition coefficient (Wildman–Crippen LogP) is 16.4. The minimum atomic E-state index is 0.239. The Balaban J connectivity index is 1.06. The van der Waals surface area contributed by atoms with Gasteiger partial charge in [0.1, 0.15) is 12.5 Å². The van der Waals surface area contributed by atoms with Crippen molar-refractivity contribution in [3.05, 3.63) is 265 Å². The van der Waals surface area contributed by atoms with E-state index in [-0.39, 0.29) is 12.5 Å². The van der Waals surface area contributed by atoms with E-state index in [0.717, 1.165) is 114 Å². The molecule has 14 rings (SSSR count). The van der Waals surface area contributed by atoms with E-state index in [1.165, 1.54) is 27.4 Å². The first-order chi connectivity index (χ1) is 37.6. The van der Waals surface area contributed by atoms with Crippen molar-refractivity contribution < 1.29 is 0 Å². The number of hydrogen-bond donors (Lipinski definition) is 1. The Morgan fingerprint density at radius 3 is 1.70 bits per heavy atom. The molecule has 7 nitrogen and oxygen atoms in total. The molecule has 0 atom stereocenters. The predicted molar refractivity (Wildman–Crippen MR) is 320 cm³/mol. The highest BCUT2D eigenvalue weighted by molar-refractivity contribution is 6.25. The zero-order chi connectivity index (χ0) is 50.7. The molecule has 0 bridgehead atoms. The summed E-state index contributed by atoms with van der Waals surface area (Å²) in [6.45, 7) is 4.86. The first-order valence-corrected chi connectivity index (χ1v) is 26.3. The molecule has 364 valence electrons. The Kier molecular flexibility index (Phi) is 11.0. The van der Waals surface area contributed by atoms with E-state index < -0.39 is 0 Å². The van der Waals surface area contributed by atoms with Crippen LogP contribution in [0.5, 0.6) is 0 Å². The minimum absolute atomic E-state index is 0.239. The molecule has 1 aliphatic carbocycles. The number of nitrogens with zero attached hydrogens (tertiary/aromatic N) is 6.